The fraction of sp³-hybridized carbons (Fsp3) is 0.0833. The summed E-state index contributed by atoms with van der Waals surface area (Å²) in [5.41, 5.74) is 1.38. The molecule has 0 aliphatic carbocycles. The molecule has 0 unspecified atom stereocenters. The largest absolute Gasteiger partial charge is 0.506 e. The molecule has 0 fully saturated rings. The number of halogens is 1. The molecule has 0 aromatic heterocycles. The summed E-state index contributed by atoms with van der Waals surface area (Å²) in [6.07, 6.45) is 0. The highest BCUT2D eigenvalue weighted by molar-refractivity contribution is 7.97. The van der Waals surface area contributed by atoms with Crippen LogP contribution in [0.2, 0.25) is 0 Å². The van der Waals surface area contributed by atoms with E-state index in [9.17, 15) is 27.5 Å². The third kappa shape index (κ3) is 4.22. The molecule has 9 heteroatoms. The monoisotopic (exact) mass is 466 g/mol. The lowest BCUT2D eigenvalue weighted by Gasteiger charge is -2.31. The van der Waals surface area contributed by atoms with Gasteiger partial charge in [0.15, 0.2) is 16.4 Å². The van der Waals surface area contributed by atoms with Gasteiger partial charge in [-0.05, 0) is 48.9 Å². The van der Waals surface area contributed by atoms with Gasteiger partial charge in [0.05, 0.1) is 12.2 Å². The Balaban J connectivity index is 1.77. The number of nitrogens with one attached hydrogen (secondary N) is 1. The van der Waals surface area contributed by atoms with Crippen LogP contribution in [0.1, 0.15) is 28.4 Å². The molecule has 3 aromatic rings. The zero-order chi connectivity index (χ0) is 23.8. The third-order valence-corrected chi connectivity index (χ3v) is 6.96. The Morgan fingerprint density at radius 2 is 1.70 bits per heavy atom. The number of anilines is 2. The van der Waals surface area contributed by atoms with Crippen LogP contribution in [0.5, 0.6) is 0 Å². The van der Waals surface area contributed by atoms with Crippen LogP contribution in [0.4, 0.5) is 15.8 Å². The van der Waals surface area contributed by atoms with Gasteiger partial charge in [-0.25, -0.2) is 12.8 Å². The van der Waals surface area contributed by atoms with E-state index < -0.39 is 32.4 Å². The molecule has 4 rings (SSSR count). The summed E-state index contributed by atoms with van der Waals surface area (Å²) in [5, 5.41) is 13.2. The Morgan fingerprint density at radius 3 is 2.39 bits per heavy atom. The number of amides is 1. The van der Waals surface area contributed by atoms with Gasteiger partial charge in [-0.2, -0.15) is 0 Å². The number of fused-ring (bicyclic) bond motifs is 1. The number of nitrogens with zero attached hydrogens (tertiary/aromatic N) is 1. The van der Waals surface area contributed by atoms with Crippen molar-refractivity contribution < 1.29 is 27.5 Å². The van der Waals surface area contributed by atoms with Crippen molar-refractivity contribution >= 4 is 38.8 Å². The highest BCUT2D eigenvalue weighted by Crippen LogP contribution is 2.39. The Hall–Kier alpha value is -3.98. The van der Waals surface area contributed by atoms with Crippen molar-refractivity contribution in [2.45, 2.75) is 13.5 Å². The molecule has 33 heavy (non-hydrogen) atoms. The van der Waals surface area contributed by atoms with Crippen molar-refractivity contribution in [1.82, 2.24) is 0 Å². The summed E-state index contributed by atoms with van der Waals surface area (Å²) < 4.78 is 41.3. The number of sulfonamides is 1. The molecule has 3 aromatic carbocycles. The molecule has 1 amide bonds. The van der Waals surface area contributed by atoms with Crippen molar-refractivity contribution in [1.29, 1.82) is 0 Å². The average Bonchev–Trinajstić information content (AvgIpc) is 2.78. The molecule has 0 saturated carbocycles. The first kappa shape index (κ1) is 22.2. The van der Waals surface area contributed by atoms with Gasteiger partial charge in [0, 0.05) is 16.8 Å². The standard InChI is InChI=1S/C24H19FN2O5S/c1-15(28)17-5-4-6-19(13-17)26-24(30)23-22(29)20-7-2-3-8-21(20)27(33(23,31)32)14-16-9-11-18(25)12-10-16/h2-13,29H,14H2,1H3,(H,26,30). The van der Waals surface area contributed by atoms with E-state index in [0.29, 0.717) is 11.1 Å². The summed E-state index contributed by atoms with van der Waals surface area (Å²) in [5.74, 6) is -2.42. The van der Waals surface area contributed by atoms with Crippen molar-refractivity contribution in [3.05, 3.63) is 100 Å². The number of hydrogen-bond acceptors (Lipinski definition) is 5. The maximum absolute atomic E-state index is 13.5. The Labute approximate surface area is 189 Å². The van der Waals surface area contributed by atoms with E-state index >= 15 is 0 Å². The van der Waals surface area contributed by atoms with Gasteiger partial charge in [-0.15, -0.1) is 0 Å². The summed E-state index contributed by atoms with van der Waals surface area (Å²) in [7, 11) is -4.49. The van der Waals surface area contributed by atoms with Crippen LogP contribution >= 0.6 is 0 Å². The third-order valence-electron chi connectivity index (χ3n) is 5.16. The molecule has 1 aliphatic heterocycles. The highest BCUT2D eigenvalue weighted by Gasteiger charge is 2.41. The molecule has 7 nitrogen and oxygen atoms in total. The van der Waals surface area contributed by atoms with Crippen molar-refractivity contribution in [2.75, 3.05) is 9.62 Å². The molecule has 0 radical (unpaired) electrons. The lowest BCUT2D eigenvalue weighted by Crippen LogP contribution is -2.39. The van der Waals surface area contributed by atoms with E-state index in [4.69, 9.17) is 0 Å². The van der Waals surface area contributed by atoms with E-state index in [1.807, 2.05) is 0 Å². The van der Waals surface area contributed by atoms with Crippen molar-refractivity contribution in [3.8, 4) is 0 Å². The van der Waals surface area contributed by atoms with E-state index in [2.05, 4.69) is 5.32 Å². The number of aliphatic hydroxyl groups excluding tert-OH is 1. The molecule has 0 saturated heterocycles. The summed E-state index contributed by atoms with van der Waals surface area (Å²) in [6, 6.07) is 17.6. The molecule has 168 valence electrons. The topological polar surface area (TPSA) is 104 Å². The molecular weight excluding hydrogens is 447 g/mol. The van der Waals surface area contributed by atoms with Crippen LogP contribution in [-0.4, -0.2) is 25.2 Å². The van der Waals surface area contributed by atoms with Gasteiger partial charge in [0.25, 0.3) is 15.9 Å². The molecule has 2 N–H and O–H groups in total. The first-order chi connectivity index (χ1) is 15.7. The maximum Gasteiger partial charge on any atom is 0.273 e. The quantitative estimate of drug-likeness (QED) is 0.548. The lowest BCUT2D eigenvalue weighted by atomic mass is 10.1. The Bertz CT molecular complexity index is 1400. The maximum atomic E-state index is 13.5. The Morgan fingerprint density at radius 1 is 1.00 bits per heavy atom. The van der Waals surface area contributed by atoms with Crippen LogP contribution in [0.3, 0.4) is 0 Å². The second-order valence-electron chi connectivity index (χ2n) is 7.42. The summed E-state index contributed by atoms with van der Waals surface area (Å²) in [6.45, 7) is 1.19. The van der Waals surface area contributed by atoms with Gasteiger partial charge in [-0.3, -0.25) is 13.9 Å². The molecule has 0 spiro atoms. The predicted molar refractivity (Wildman–Crippen MR) is 123 cm³/mol. The number of rotatable bonds is 5. The van der Waals surface area contributed by atoms with Gasteiger partial charge >= 0.3 is 0 Å². The highest BCUT2D eigenvalue weighted by atomic mass is 32.2. The molecular formula is C24H19FN2O5S. The minimum Gasteiger partial charge on any atom is -0.506 e. The van der Waals surface area contributed by atoms with Crippen LogP contribution in [0.25, 0.3) is 5.76 Å². The fourth-order valence-electron chi connectivity index (χ4n) is 3.53. The van der Waals surface area contributed by atoms with E-state index in [-0.39, 0.29) is 29.3 Å². The van der Waals surface area contributed by atoms with Crippen LogP contribution in [-0.2, 0) is 21.4 Å². The fourth-order valence-corrected chi connectivity index (χ4v) is 5.13. The molecule has 1 aliphatic rings. The molecule has 1 heterocycles. The Kier molecular flexibility index (Phi) is 5.73. The second kappa shape index (κ2) is 8.51. The number of carbonyl (C=O) groups is 2. The molecule has 0 bridgehead atoms. The zero-order valence-corrected chi connectivity index (χ0v) is 18.3. The normalized spacial score (nSPS) is 14.5. The number of para-hydroxylation sites is 1. The van der Waals surface area contributed by atoms with E-state index in [1.165, 1.54) is 55.5 Å². The van der Waals surface area contributed by atoms with Crippen LogP contribution in [0, 0.1) is 5.82 Å². The lowest BCUT2D eigenvalue weighted by molar-refractivity contribution is -0.112. The molecule has 0 atom stereocenters. The summed E-state index contributed by atoms with van der Waals surface area (Å²) in [4.78, 5) is 23.9. The van der Waals surface area contributed by atoms with Gasteiger partial charge in [0.2, 0.25) is 0 Å². The van der Waals surface area contributed by atoms with Crippen LogP contribution in [0.15, 0.2) is 77.7 Å². The number of Topliss-reactive ketones (excluding diaryl/α,β-unsaturated/α-hetero) is 1. The van der Waals surface area contributed by atoms with Crippen molar-refractivity contribution in [3.63, 3.8) is 0 Å². The average molecular weight is 466 g/mol. The first-order valence-electron chi connectivity index (χ1n) is 9.90. The minimum atomic E-state index is -4.49. The van der Waals surface area contributed by atoms with E-state index in [0.717, 1.165) is 4.31 Å². The summed E-state index contributed by atoms with van der Waals surface area (Å²) >= 11 is 0. The van der Waals surface area contributed by atoms with Crippen molar-refractivity contribution in [2.24, 2.45) is 0 Å². The van der Waals surface area contributed by atoms with E-state index in [1.54, 1.807) is 24.3 Å². The number of carbonyl (C=O) groups excluding carboxylic acids is 2. The predicted octanol–water partition coefficient (Wildman–Crippen LogP) is 4.24. The second-order valence-corrected chi connectivity index (χ2v) is 9.22. The number of hydrogen-bond donors (Lipinski definition) is 2. The first-order valence-corrected chi connectivity index (χ1v) is 11.3. The number of aliphatic hydroxyl groups is 1. The number of benzene rings is 3. The minimum absolute atomic E-state index is 0.164. The van der Waals surface area contributed by atoms with Gasteiger partial charge < -0.3 is 10.4 Å². The van der Waals surface area contributed by atoms with Crippen LogP contribution < -0.4 is 9.62 Å². The zero-order valence-electron chi connectivity index (χ0n) is 17.4. The number of ketones is 1. The SMILES string of the molecule is CC(=O)c1cccc(NC(=O)C2=C(O)c3ccccc3N(Cc3ccc(F)cc3)S2(=O)=O)c1. The van der Waals surface area contributed by atoms with Gasteiger partial charge in [-0.1, -0.05) is 36.4 Å². The smallest absolute Gasteiger partial charge is 0.273 e. The van der Waals surface area contributed by atoms with Gasteiger partial charge in [0.1, 0.15) is 5.82 Å².